The van der Waals surface area contributed by atoms with E-state index >= 15 is 4.39 Å². The summed E-state index contributed by atoms with van der Waals surface area (Å²) in [5.41, 5.74) is 4.17. The van der Waals surface area contributed by atoms with E-state index in [9.17, 15) is 4.79 Å². The molecule has 6 rings (SSSR count). The molecule has 0 N–H and O–H groups in total. The monoisotopic (exact) mass is 492 g/mol. The molecule has 2 aliphatic rings. The highest BCUT2D eigenvalue weighted by atomic mass is 35.5. The largest absolute Gasteiger partial charge is 0.373 e. The van der Waals surface area contributed by atoms with Crippen LogP contribution >= 0.6 is 11.6 Å². The number of aromatic nitrogens is 4. The molecule has 0 spiro atoms. The Balaban J connectivity index is 1.50. The van der Waals surface area contributed by atoms with E-state index in [1.54, 1.807) is 18.3 Å². The summed E-state index contributed by atoms with van der Waals surface area (Å²) >= 11 is 5.99. The molecule has 1 fully saturated rings. The highest BCUT2D eigenvalue weighted by Crippen LogP contribution is 2.38. The molecule has 1 aromatic carbocycles. The topological polar surface area (TPSA) is 78.6 Å². The summed E-state index contributed by atoms with van der Waals surface area (Å²) in [6, 6.07) is 10.2. The predicted molar refractivity (Wildman–Crippen MR) is 128 cm³/mol. The van der Waals surface area contributed by atoms with Gasteiger partial charge in [0.1, 0.15) is 11.5 Å². The maximum atomic E-state index is 15.1. The van der Waals surface area contributed by atoms with Gasteiger partial charge in [-0.2, -0.15) is 0 Å². The van der Waals surface area contributed by atoms with E-state index in [0.29, 0.717) is 29.9 Å². The van der Waals surface area contributed by atoms with Gasteiger partial charge in [0.05, 0.1) is 36.1 Å². The zero-order valence-electron chi connectivity index (χ0n) is 19.0. The van der Waals surface area contributed by atoms with E-state index < -0.39 is 5.82 Å². The van der Waals surface area contributed by atoms with Crippen LogP contribution in [0, 0.1) is 12.7 Å². The molecule has 0 bridgehead atoms. The van der Waals surface area contributed by atoms with Crippen molar-refractivity contribution in [1.29, 1.82) is 0 Å². The maximum Gasteiger partial charge on any atom is 0.265 e. The highest BCUT2D eigenvalue weighted by molar-refractivity contribution is 6.30. The number of fused-ring (bicyclic) bond motifs is 2. The van der Waals surface area contributed by atoms with Crippen LogP contribution in [0.1, 0.15) is 53.1 Å². The Hall–Kier alpha value is -3.20. The smallest absolute Gasteiger partial charge is 0.265 e. The van der Waals surface area contributed by atoms with Crippen LogP contribution in [0.25, 0.3) is 17.0 Å². The van der Waals surface area contributed by atoms with Crippen molar-refractivity contribution in [1.82, 2.24) is 19.4 Å². The first kappa shape index (κ1) is 22.3. The molecule has 4 aromatic rings. The minimum Gasteiger partial charge on any atom is -0.373 e. The third kappa shape index (κ3) is 4.01. The van der Waals surface area contributed by atoms with Crippen molar-refractivity contribution in [2.75, 3.05) is 6.61 Å². The van der Waals surface area contributed by atoms with E-state index in [-0.39, 0.29) is 47.2 Å². The molecule has 2 aliphatic heterocycles. The number of nitrogens with zero attached hydrogens (tertiary/aromatic N) is 4. The lowest BCUT2D eigenvalue weighted by molar-refractivity contribution is 0.00457. The van der Waals surface area contributed by atoms with Crippen molar-refractivity contribution in [3.8, 4) is 11.4 Å². The van der Waals surface area contributed by atoms with Gasteiger partial charge in [0.15, 0.2) is 5.82 Å². The molecule has 0 saturated carbocycles. The molecule has 2 atom stereocenters. The minimum atomic E-state index is -0.552. The van der Waals surface area contributed by atoms with Gasteiger partial charge in [-0.25, -0.2) is 18.8 Å². The number of hydrogen-bond acceptors (Lipinski definition) is 6. The zero-order chi connectivity index (χ0) is 24.1. The molecule has 0 radical (unpaired) electrons. The molecule has 35 heavy (non-hydrogen) atoms. The first-order chi connectivity index (χ1) is 17.0. The second-order valence-corrected chi connectivity index (χ2v) is 9.41. The molecule has 7 nitrogen and oxygen atoms in total. The Morgan fingerprint density at radius 2 is 2.03 bits per heavy atom. The van der Waals surface area contributed by atoms with Crippen molar-refractivity contribution in [3.63, 3.8) is 0 Å². The Bertz CT molecular complexity index is 1520. The van der Waals surface area contributed by atoms with Crippen molar-refractivity contribution in [2.45, 2.75) is 45.0 Å². The van der Waals surface area contributed by atoms with Gasteiger partial charge < -0.3 is 9.47 Å². The second kappa shape index (κ2) is 8.78. The van der Waals surface area contributed by atoms with Gasteiger partial charge in [-0.05, 0) is 55.7 Å². The number of aryl methyl sites for hydroxylation is 1. The van der Waals surface area contributed by atoms with Crippen molar-refractivity contribution in [3.05, 3.63) is 92.0 Å². The molecule has 5 heterocycles. The number of ether oxygens (including phenoxy) is 2. The van der Waals surface area contributed by atoms with Crippen LogP contribution in [0.3, 0.4) is 0 Å². The minimum absolute atomic E-state index is 0.0442. The Morgan fingerprint density at radius 1 is 1.14 bits per heavy atom. The molecule has 0 unspecified atom stereocenters. The van der Waals surface area contributed by atoms with Crippen molar-refractivity contribution in [2.24, 2.45) is 0 Å². The highest BCUT2D eigenvalue weighted by Gasteiger charge is 2.29. The fourth-order valence-corrected chi connectivity index (χ4v) is 5.06. The number of halogens is 2. The Kier molecular flexibility index (Phi) is 5.59. The van der Waals surface area contributed by atoms with Gasteiger partial charge in [-0.15, -0.1) is 0 Å². The quantitative estimate of drug-likeness (QED) is 0.404. The lowest BCUT2D eigenvalue weighted by atomic mass is 9.89. The van der Waals surface area contributed by atoms with Crippen LogP contribution in [0.2, 0.25) is 5.02 Å². The zero-order valence-corrected chi connectivity index (χ0v) is 19.8. The SMILES string of the molecule is Cc1cc([C@H]2C[C@@H](c3cc4nc5c(c(=O)n4c(-c4ccc(Cl)cc4F)n3)COC5)CCO2)ccn1. The van der Waals surface area contributed by atoms with Crippen molar-refractivity contribution < 1.29 is 13.9 Å². The first-order valence-electron chi connectivity index (χ1n) is 11.5. The van der Waals surface area contributed by atoms with E-state index in [4.69, 9.17) is 31.0 Å². The number of hydrogen-bond donors (Lipinski definition) is 0. The van der Waals surface area contributed by atoms with Crippen LogP contribution in [0.4, 0.5) is 4.39 Å². The van der Waals surface area contributed by atoms with Crippen LogP contribution < -0.4 is 5.56 Å². The van der Waals surface area contributed by atoms with Crippen molar-refractivity contribution >= 4 is 17.2 Å². The van der Waals surface area contributed by atoms with E-state index in [1.807, 2.05) is 25.1 Å². The molecule has 3 aromatic heterocycles. The fraction of sp³-hybridized carbons (Fsp3) is 0.308. The van der Waals surface area contributed by atoms with Crippen LogP contribution in [0.15, 0.2) is 47.4 Å². The molecular weight excluding hydrogens is 471 g/mol. The Labute approximate surface area is 205 Å². The van der Waals surface area contributed by atoms with Gasteiger partial charge in [0, 0.05) is 41.2 Å². The molecule has 0 aliphatic carbocycles. The van der Waals surface area contributed by atoms with E-state index in [1.165, 1.54) is 10.5 Å². The lowest BCUT2D eigenvalue weighted by Gasteiger charge is -2.30. The van der Waals surface area contributed by atoms with Gasteiger partial charge in [-0.3, -0.25) is 9.78 Å². The third-order valence-corrected chi connectivity index (χ3v) is 6.90. The summed E-state index contributed by atoms with van der Waals surface area (Å²) in [6.07, 6.45) is 3.14. The summed E-state index contributed by atoms with van der Waals surface area (Å²) in [5, 5.41) is 0.270. The summed E-state index contributed by atoms with van der Waals surface area (Å²) in [4.78, 5) is 27.2. The van der Waals surface area contributed by atoms with E-state index in [0.717, 1.165) is 23.4 Å². The van der Waals surface area contributed by atoms with Crippen LogP contribution in [-0.2, 0) is 22.7 Å². The molecule has 0 amide bonds. The average molecular weight is 493 g/mol. The Morgan fingerprint density at radius 3 is 2.86 bits per heavy atom. The normalized spacial score (nSPS) is 19.7. The van der Waals surface area contributed by atoms with E-state index in [2.05, 4.69) is 4.98 Å². The summed E-state index contributed by atoms with van der Waals surface area (Å²) in [7, 11) is 0. The van der Waals surface area contributed by atoms with Crippen LogP contribution in [-0.4, -0.2) is 26.0 Å². The molecule has 1 saturated heterocycles. The number of rotatable bonds is 3. The molecule has 9 heteroatoms. The predicted octanol–water partition coefficient (Wildman–Crippen LogP) is 4.92. The van der Waals surface area contributed by atoms with Gasteiger partial charge in [0.25, 0.3) is 5.56 Å². The van der Waals surface area contributed by atoms with Gasteiger partial charge in [-0.1, -0.05) is 11.6 Å². The maximum absolute atomic E-state index is 15.1. The molecule has 178 valence electrons. The second-order valence-electron chi connectivity index (χ2n) is 8.97. The molecular formula is C26H22ClFN4O3. The van der Waals surface area contributed by atoms with Gasteiger partial charge >= 0.3 is 0 Å². The lowest BCUT2D eigenvalue weighted by Crippen LogP contribution is -2.25. The summed E-state index contributed by atoms with van der Waals surface area (Å²) in [6.45, 7) is 2.98. The van der Waals surface area contributed by atoms with Gasteiger partial charge in [0.2, 0.25) is 0 Å². The first-order valence-corrected chi connectivity index (χ1v) is 11.9. The standard InChI is InChI=1S/C26H22ClFN4O3/c1-14-8-16(4-6-29-14)23-9-15(5-7-35-23)21-11-24-30-22-13-34-12-19(22)26(33)32(24)25(31-21)18-3-2-17(27)10-20(18)28/h2-4,6,8,10-11,15,23H,5,7,9,12-13H2,1H3/t15-,23+/m0/s1. The number of pyridine rings is 1. The summed E-state index contributed by atoms with van der Waals surface area (Å²) in [5.74, 6) is -0.298. The average Bonchev–Trinajstić information content (AvgIpc) is 3.33. The van der Waals surface area contributed by atoms with Crippen LogP contribution in [0.5, 0.6) is 0 Å². The third-order valence-electron chi connectivity index (χ3n) is 6.66. The number of benzene rings is 1. The fourth-order valence-electron chi connectivity index (χ4n) is 4.90. The summed E-state index contributed by atoms with van der Waals surface area (Å²) < 4.78 is 28.0.